The van der Waals surface area contributed by atoms with Crippen LogP contribution < -0.4 is 5.73 Å². The lowest BCUT2D eigenvalue weighted by Crippen LogP contribution is -2.10. The molecule has 2 heterocycles. The Bertz CT molecular complexity index is 869. The quantitative estimate of drug-likeness (QED) is 0.806. The molecule has 5 heteroatoms. The molecule has 1 amide bonds. The molecule has 4 rings (SSSR count). The molecule has 3 aromatic rings. The molecule has 0 radical (unpaired) electrons. The van der Waals surface area contributed by atoms with Gasteiger partial charge in [-0.3, -0.25) is 4.79 Å². The van der Waals surface area contributed by atoms with Crippen LogP contribution in [0.1, 0.15) is 45.7 Å². The highest BCUT2D eigenvalue weighted by Crippen LogP contribution is 2.55. The van der Waals surface area contributed by atoms with Crippen LogP contribution in [0.5, 0.6) is 0 Å². The molecule has 1 saturated carbocycles. The second kappa shape index (κ2) is 4.88. The van der Waals surface area contributed by atoms with Crippen LogP contribution in [0.4, 0.5) is 0 Å². The molecule has 22 heavy (non-hydrogen) atoms. The van der Waals surface area contributed by atoms with Crippen LogP contribution in [0.3, 0.4) is 0 Å². The monoisotopic (exact) mass is 309 g/mol. The van der Waals surface area contributed by atoms with E-state index in [1.165, 1.54) is 10.9 Å². The van der Waals surface area contributed by atoms with E-state index in [2.05, 4.69) is 21.4 Å². The summed E-state index contributed by atoms with van der Waals surface area (Å²) in [5.74, 6) is 1.36. The average molecular weight is 309 g/mol. The smallest absolute Gasteiger partial charge is 0.248 e. The van der Waals surface area contributed by atoms with Crippen LogP contribution >= 0.6 is 11.3 Å². The zero-order chi connectivity index (χ0) is 15.3. The maximum atomic E-state index is 11.1. The summed E-state index contributed by atoms with van der Waals surface area (Å²) >= 11 is 1.66. The lowest BCUT2D eigenvalue weighted by molar-refractivity contribution is 0.100. The first-order valence-electron chi connectivity index (χ1n) is 7.25. The van der Waals surface area contributed by atoms with Crippen molar-refractivity contribution in [2.24, 2.45) is 5.73 Å². The van der Waals surface area contributed by atoms with Gasteiger partial charge in [0.25, 0.3) is 0 Å². The van der Waals surface area contributed by atoms with Crippen molar-refractivity contribution in [3.05, 3.63) is 58.4 Å². The Morgan fingerprint density at radius 3 is 2.68 bits per heavy atom. The van der Waals surface area contributed by atoms with Gasteiger partial charge in [0.2, 0.25) is 5.91 Å². The Morgan fingerprint density at radius 2 is 1.95 bits per heavy atom. The van der Waals surface area contributed by atoms with Gasteiger partial charge >= 0.3 is 0 Å². The molecule has 110 valence electrons. The summed E-state index contributed by atoms with van der Waals surface area (Å²) in [4.78, 5) is 21.4. The normalized spacial score (nSPS) is 20.2. The molecule has 2 atom stereocenters. The molecule has 0 aliphatic heterocycles. The second-order valence-corrected chi connectivity index (χ2v) is 6.63. The van der Waals surface area contributed by atoms with Gasteiger partial charge in [-0.15, -0.1) is 11.3 Å². The van der Waals surface area contributed by atoms with E-state index in [4.69, 9.17) is 5.73 Å². The highest BCUT2D eigenvalue weighted by Gasteiger charge is 2.41. The van der Waals surface area contributed by atoms with Crippen LogP contribution in [-0.2, 0) is 0 Å². The molecule has 1 aromatic carbocycles. The van der Waals surface area contributed by atoms with E-state index in [9.17, 15) is 4.79 Å². The maximum Gasteiger partial charge on any atom is 0.248 e. The van der Waals surface area contributed by atoms with Crippen LogP contribution in [0.25, 0.3) is 10.2 Å². The minimum Gasteiger partial charge on any atom is -0.366 e. The summed E-state index contributed by atoms with van der Waals surface area (Å²) in [5.41, 5.74) is 8.25. The Labute approximate surface area is 132 Å². The third kappa shape index (κ3) is 2.18. The van der Waals surface area contributed by atoms with Crippen LogP contribution in [0, 0.1) is 6.92 Å². The minimum absolute atomic E-state index is 0.384. The molecule has 2 N–H and O–H groups in total. The summed E-state index contributed by atoms with van der Waals surface area (Å²) in [5, 5.41) is 3.25. The molecular weight excluding hydrogens is 294 g/mol. The second-order valence-electron chi connectivity index (χ2n) is 5.73. The van der Waals surface area contributed by atoms with Crippen molar-refractivity contribution < 1.29 is 4.79 Å². The van der Waals surface area contributed by atoms with Gasteiger partial charge in [-0.05, 0) is 48.4 Å². The van der Waals surface area contributed by atoms with Crippen LogP contribution in [0.15, 0.2) is 35.7 Å². The molecular formula is C17H15N3OS. The zero-order valence-corrected chi connectivity index (χ0v) is 12.9. The molecule has 0 spiro atoms. The fourth-order valence-electron chi connectivity index (χ4n) is 3.03. The number of carbonyl (C=O) groups is 1. The Morgan fingerprint density at radius 1 is 1.18 bits per heavy atom. The third-order valence-electron chi connectivity index (χ3n) is 4.23. The van der Waals surface area contributed by atoms with Crippen molar-refractivity contribution in [3.63, 3.8) is 0 Å². The molecule has 0 unspecified atom stereocenters. The summed E-state index contributed by atoms with van der Waals surface area (Å²) < 4.78 is 0. The Kier molecular flexibility index (Phi) is 2.97. The Balaban J connectivity index is 1.66. The molecule has 0 saturated heterocycles. The number of aryl methyl sites for hydroxylation is 1. The summed E-state index contributed by atoms with van der Waals surface area (Å²) in [6, 6.07) is 9.73. The molecule has 1 aliphatic rings. The highest BCUT2D eigenvalue weighted by molar-refractivity contribution is 7.16. The first kappa shape index (κ1) is 13.4. The highest BCUT2D eigenvalue weighted by atomic mass is 32.1. The number of benzene rings is 1. The standard InChI is InChI=1S/C17H15N3OS/c1-9-19-15(12-6-7-22-17(12)20-9)14-8-13(14)10-2-4-11(5-3-10)16(18)21/h2-7,13-14H,8H2,1H3,(H2,18,21)/t13-,14+/m1/s1. The van der Waals surface area contributed by atoms with E-state index in [-0.39, 0.29) is 5.91 Å². The van der Waals surface area contributed by atoms with Crippen LogP contribution in [-0.4, -0.2) is 15.9 Å². The molecule has 1 aliphatic carbocycles. The maximum absolute atomic E-state index is 11.1. The van der Waals surface area contributed by atoms with Crippen LogP contribution in [0.2, 0.25) is 0 Å². The number of hydrogen-bond acceptors (Lipinski definition) is 4. The lowest BCUT2D eigenvalue weighted by Gasteiger charge is -2.04. The SMILES string of the molecule is Cc1nc([C@H]2C[C@@H]2c2ccc(C(N)=O)cc2)c2ccsc2n1. The van der Waals surface area contributed by atoms with Gasteiger partial charge in [0.1, 0.15) is 10.7 Å². The number of carbonyl (C=O) groups excluding carboxylic acids is 1. The van der Waals surface area contributed by atoms with Gasteiger partial charge in [-0.25, -0.2) is 9.97 Å². The predicted molar refractivity (Wildman–Crippen MR) is 87.2 cm³/mol. The lowest BCUT2D eigenvalue weighted by atomic mass is 10.0. The van der Waals surface area contributed by atoms with Crippen molar-refractivity contribution in [2.75, 3.05) is 0 Å². The number of rotatable bonds is 3. The van der Waals surface area contributed by atoms with E-state index in [1.54, 1.807) is 23.5 Å². The topological polar surface area (TPSA) is 68.9 Å². The van der Waals surface area contributed by atoms with Gasteiger partial charge in [0.05, 0.1) is 5.69 Å². The fraction of sp³-hybridized carbons (Fsp3) is 0.235. The van der Waals surface area contributed by atoms with Gasteiger partial charge in [-0.2, -0.15) is 0 Å². The van der Waals surface area contributed by atoms with Crippen molar-refractivity contribution in [1.29, 1.82) is 0 Å². The van der Waals surface area contributed by atoms with Gasteiger partial charge < -0.3 is 5.73 Å². The number of primary amides is 1. The molecule has 2 aromatic heterocycles. The molecule has 1 fully saturated rings. The number of amides is 1. The van der Waals surface area contributed by atoms with Gasteiger partial charge in [0.15, 0.2) is 0 Å². The summed E-state index contributed by atoms with van der Waals surface area (Å²) in [7, 11) is 0. The zero-order valence-electron chi connectivity index (χ0n) is 12.1. The first-order chi connectivity index (χ1) is 10.6. The van der Waals surface area contributed by atoms with E-state index >= 15 is 0 Å². The number of hydrogen-bond donors (Lipinski definition) is 1. The number of nitrogens with two attached hydrogens (primary N) is 1. The van der Waals surface area contributed by atoms with Crippen molar-refractivity contribution in [2.45, 2.75) is 25.2 Å². The number of thiophene rings is 1. The fourth-order valence-corrected chi connectivity index (χ4v) is 3.85. The number of fused-ring (bicyclic) bond motifs is 1. The van der Waals surface area contributed by atoms with E-state index in [0.717, 1.165) is 22.8 Å². The predicted octanol–water partition coefficient (Wildman–Crippen LogP) is 3.37. The first-order valence-corrected chi connectivity index (χ1v) is 8.13. The van der Waals surface area contributed by atoms with E-state index < -0.39 is 0 Å². The summed E-state index contributed by atoms with van der Waals surface area (Å²) in [6.07, 6.45) is 1.09. The molecule has 4 nitrogen and oxygen atoms in total. The third-order valence-corrected chi connectivity index (χ3v) is 5.04. The number of nitrogens with zero attached hydrogens (tertiary/aromatic N) is 2. The molecule has 0 bridgehead atoms. The average Bonchev–Trinajstić information content (AvgIpc) is 3.17. The van der Waals surface area contributed by atoms with Gasteiger partial charge in [0, 0.05) is 16.9 Å². The van der Waals surface area contributed by atoms with E-state index in [1.807, 2.05) is 19.1 Å². The van der Waals surface area contributed by atoms with Crippen molar-refractivity contribution in [3.8, 4) is 0 Å². The minimum atomic E-state index is -0.384. The van der Waals surface area contributed by atoms with E-state index in [0.29, 0.717) is 17.4 Å². The largest absolute Gasteiger partial charge is 0.366 e. The Hall–Kier alpha value is -2.27. The number of aromatic nitrogens is 2. The van der Waals surface area contributed by atoms with Crippen molar-refractivity contribution in [1.82, 2.24) is 9.97 Å². The van der Waals surface area contributed by atoms with Crippen molar-refractivity contribution >= 4 is 27.5 Å². The summed E-state index contributed by atoms with van der Waals surface area (Å²) in [6.45, 7) is 1.95. The van der Waals surface area contributed by atoms with Gasteiger partial charge in [-0.1, -0.05) is 12.1 Å².